The molecule has 2 rings (SSSR count). The normalized spacial score (nSPS) is 11.7. The molecule has 0 aliphatic heterocycles. The highest BCUT2D eigenvalue weighted by Crippen LogP contribution is 2.11. The minimum absolute atomic E-state index is 0.0646. The molecule has 0 saturated heterocycles. The number of nitrogens with one attached hydrogen (secondary N) is 1. The Hall–Kier alpha value is -1.77. The van der Waals surface area contributed by atoms with Gasteiger partial charge in [-0.1, -0.05) is 17.3 Å². The second kappa shape index (κ2) is 5.47. The van der Waals surface area contributed by atoms with Gasteiger partial charge in [0, 0.05) is 0 Å². The number of aromatic nitrogens is 2. The van der Waals surface area contributed by atoms with Crippen molar-refractivity contribution in [1.82, 2.24) is 14.9 Å². The van der Waals surface area contributed by atoms with Crippen molar-refractivity contribution in [2.75, 3.05) is 0 Å². The average Bonchev–Trinajstić information content (AvgIpc) is 2.82. The Labute approximate surface area is 110 Å². The van der Waals surface area contributed by atoms with Crippen molar-refractivity contribution >= 4 is 10.0 Å². The van der Waals surface area contributed by atoms with E-state index in [1.807, 2.05) is 0 Å². The topological polar surface area (TPSA) is 105 Å². The van der Waals surface area contributed by atoms with Crippen LogP contribution in [0.25, 0.3) is 0 Å². The zero-order valence-corrected chi connectivity index (χ0v) is 11.0. The third-order valence-electron chi connectivity index (χ3n) is 2.40. The predicted octanol–water partition coefficient (Wildman–Crippen LogP) is 0.349. The van der Waals surface area contributed by atoms with Crippen LogP contribution < -0.4 is 4.72 Å². The summed E-state index contributed by atoms with van der Waals surface area (Å²) >= 11 is 0. The number of aliphatic hydroxyl groups is 1. The molecule has 7 nitrogen and oxygen atoms in total. The van der Waals surface area contributed by atoms with E-state index in [9.17, 15) is 8.42 Å². The van der Waals surface area contributed by atoms with Crippen molar-refractivity contribution in [3.63, 3.8) is 0 Å². The second-order valence-electron chi connectivity index (χ2n) is 3.86. The molecule has 0 saturated carbocycles. The lowest BCUT2D eigenvalue weighted by atomic mass is 10.2. The summed E-state index contributed by atoms with van der Waals surface area (Å²) < 4.78 is 31.1. The van der Waals surface area contributed by atoms with Gasteiger partial charge in [0.1, 0.15) is 0 Å². The first-order valence-corrected chi connectivity index (χ1v) is 6.98. The Morgan fingerprint density at radius 3 is 2.53 bits per heavy atom. The van der Waals surface area contributed by atoms with Crippen LogP contribution >= 0.6 is 0 Å². The smallest absolute Gasteiger partial charge is 0.241 e. The molecule has 0 radical (unpaired) electrons. The van der Waals surface area contributed by atoms with E-state index in [4.69, 9.17) is 9.63 Å². The van der Waals surface area contributed by atoms with Crippen LogP contribution in [0.15, 0.2) is 33.7 Å². The number of rotatable bonds is 5. The maximum atomic E-state index is 11.9. The van der Waals surface area contributed by atoms with Gasteiger partial charge in [0.15, 0.2) is 5.82 Å². The molecule has 0 aliphatic rings. The van der Waals surface area contributed by atoms with E-state index in [2.05, 4.69) is 14.9 Å². The number of nitrogens with zero attached hydrogens (tertiary/aromatic N) is 2. The molecule has 0 fully saturated rings. The van der Waals surface area contributed by atoms with Gasteiger partial charge in [-0.3, -0.25) is 0 Å². The predicted molar refractivity (Wildman–Crippen MR) is 65.4 cm³/mol. The standard InChI is InChI=1S/C11H13N3O4S/c1-8-13-11(18-14-8)6-12-19(16,17)10-4-2-9(7-15)3-5-10/h2-5,12,15H,6-7H2,1H3. The van der Waals surface area contributed by atoms with E-state index in [0.29, 0.717) is 11.4 Å². The lowest BCUT2D eigenvalue weighted by Gasteiger charge is -2.05. The maximum absolute atomic E-state index is 11.9. The molecule has 8 heteroatoms. The largest absolute Gasteiger partial charge is 0.392 e. The SMILES string of the molecule is Cc1noc(CNS(=O)(=O)c2ccc(CO)cc2)n1. The third-order valence-corrected chi connectivity index (χ3v) is 3.82. The highest BCUT2D eigenvalue weighted by Gasteiger charge is 2.15. The summed E-state index contributed by atoms with van der Waals surface area (Å²) in [6.45, 7) is 1.45. The van der Waals surface area contributed by atoms with E-state index >= 15 is 0 Å². The van der Waals surface area contributed by atoms with Gasteiger partial charge in [-0.25, -0.2) is 13.1 Å². The number of hydrogen-bond donors (Lipinski definition) is 2. The first kappa shape index (κ1) is 13.7. The molecule has 0 spiro atoms. The van der Waals surface area contributed by atoms with Crippen molar-refractivity contribution in [2.24, 2.45) is 0 Å². The fraction of sp³-hybridized carbons (Fsp3) is 0.273. The fourth-order valence-corrected chi connectivity index (χ4v) is 2.40. The summed E-state index contributed by atoms with van der Waals surface area (Å²) in [4.78, 5) is 4.01. The van der Waals surface area contributed by atoms with E-state index < -0.39 is 10.0 Å². The van der Waals surface area contributed by atoms with Crippen molar-refractivity contribution in [3.8, 4) is 0 Å². The minimum Gasteiger partial charge on any atom is -0.392 e. The van der Waals surface area contributed by atoms with Crippen LogP contribution in [-0.2, 0) is 23.2 Å². The molecule has 19 heavy (non-hydrogen) atoms. The fourth-order valence-electron chi connectivity index (χ4n) is 1.43. The quantitative estimate of drug-likeness (QED) is 0.820. The van der Waals surface area contributed by atoms with Gasteiger partial charge in [-0.15, -0.1) is 0 Å². The Kier molecular flexibility index (Phi) is 3.93. The first-order valence-electron chi connectivity index (χ1n) is 5.50. The average molecular weight is 283 g/mol. The van der Waals surface area contributed by atoms with Gasteiger partial charge < -0.3 is 9.63 Å². The summed E-state index contributed by atoms with van der Waals surface area (Å²) in [5, 5.41) is 12.5. The minimum atomic E-state index is -3.63. The Morgan fingerprint density at radius 2 is 2.00 bits per heavy atom. The van der Waals surface area contributed by atoms with Gasteiger partial charge in [-0.2, -0.15) is 4.98 Å². The zero-order valence-electron chi connectivity index (χ0n) is 10.2. The van der Waals surface area contributed by atoms with Crippen LogP contribution in [0, 0.1) is 6.92 Å². The van der Waals surface area contributed by atoms with Gasteiger partial charge in [-0.05, 0) is 24.6 Å². The van der Waals surface area contributed by atoms with Crippen LogP contribution in [0.4, 0.5) is 0 Å². The summed E-state index contributed by atoms with van der Waals surface area (Å²) in [6, 6.07) is 5.94. The summed E-state index contributed by atoms with van der Waals surface area (Å²) in [5.41, 5.74) is 0.645. The molecule has 0 unspecified atom stereocenters. The Bertz CT molecular complexity index is 649. The number of hydrogen-bond acceptors (Lipinski definition) is 6. The summed E-state index contributed by atoms with van der Waals surface area (Å²) in [7, 11) is -3.63. The Balaban J connectivity index is 2.09. The van der Waals surface area contributed by atoms with Gasteiger partial charge in [0.2, 0.25) is 15.9 Å². The molecule has 0 atom stereocenters. The zero-order chi connectivity index (χ0) is 13.9. The van der Waals surface area contributed by atoms with Gasteiger partial charge in [0.05, 0.1) is 18.0 Å². The molecule has 2 N–H and O–H groups in total. The van der Waals surface area contributed by atoms with Crippen LogP contribution in [0.2, 0.25) is 0 Å². The molecule has 0 bridgehead atoms. The Morgan fingerprint density at radius 1 is 1.32 bits per heavy atom. The van der Waals surface area contributed by atoms with Crippen molar-refractivity contribution in [3.05, 3.63) is 41.5 Å². The molecule has 1 aromatic heterocycles. The molecule has 0 amide bonds. The first-order chi connectivity index (χ1) is 9.01. The van der Waals surface area contributed by atoms with E-state index in [0.717, 1.165) is 0 Å². The molecule has 1 aromatic carbocycles. The van der Waals surface area contributed by atoms with E-state index in [-0.39, 0.29) is 23.9 Å². The highest BCUT2D eigenvalue weighted by atomic mass is 32.2. The van der Waals surface area contributed by atoms with Crippen LogP contribution in [0.5, 0.6) is 0 Å². The van der Waals surface area contributed by atoms with Crippen LogP contribution in [0.1, 0.15) is 17.3 Å². The van der Waals surface area contributed by atoms with Crippen LogP contribution in [-0.4, -0.2) is 23.7 Å². The maximum Gasteiger partial charge on any atom is 0.241 e. The number of aliphatic hydroxyl groups excluding tert-OH is 1. The highest BCUT2D eigenvalue weighted by molar-refractivity contribution is 7.89. The van der Waals surface area contributed by atoms with Crippen molar-refractivity contribution in [2.45, 2.75) is 25.0 Å². The molecular formula is C11H13N3O4S. The molecule has 0 aliphatic carbocycles. The van der Waals surface area contributed by atoms with Crippen LogP contribution in [0.3, 0.4) is 0 Å². The van der Waals surface area contributed by atoms with Crippen molar-refractivity contribution < 1.29 is 18.0 Å². The number of sulfonamides is 1. The summed E-state index contributed by atoms with van der Waals surface area (Å²) in [5.74, 6) is 0.648. The number of aryl methyl sites for hydroxylation is 1. The molecular weight excluding hydrogens is 270 g/mol. The molecule has 102 valence electrons. The van der Waals surface area contributed by atoms with Gasteiger partial charge in [0.25, 0.3) is 0 Å². The lowest BCUT2D eigenvalue weighted by molar-refractivity contribution is 0.282. The number of benzene rings is 1. The lowest BCUT2D eigenvalue weighted by Crippen LogP contribution is -2.23. The molecule has 1 heterocycles. The van der Waals surface area contributed by atoms with Crippen molar-refractivity contribution in [1.29, 1.82) is 0 Å². The summed E-state index contributed by atoms with van der Waals surface area (Å²) in [6.07, 6.45) is 0. The third kappa shape index (κ3) is 3.37. The van der Waals surface area contributed by atoms with E-state index in [1.165, 1.54) is 12.1 Å². The van der Waals surface area contributed by atoms with E-state index in [1.54, 1.807) is 19.1 Å². The van der Waals surface area contributed by atoms with Gasteiger partial charge >= 0.3 is 0 Å². The molecule has 2 aromatic rings. The monoisotopic (exact) mass is 283 g/mol. The second-order valence-corrected chi connectivity index (χ2v) is 5.63.